The summed E-state index contributed by atoms with van der Waals surface area (Å²) in [5.41, 5.74) is 26.2. The van der Waals surface area contributed by atoms with Crippen molar-refractivity contribution in [1.29, 1.82) is 0 Å². The third kappa shape index (κ3) is 5.12. The Balaban J connectivity index is 0.844. The first-order valence-electron chi connectivity index (χ1n) is 23.7. The minimum absolute atomic E-state index is 0.156. The number of nitrogens with zero attached hydrogens (tertiary/aromatic N) is 2. The maximum Gasteiger partial charge on any atom is 0.0971 e. The second kappa shape index (κ2) is 14.1. The van der Waals surface area contributed by atoms with Crippen LogP contribution < -0.4 is 0 Å². The van der Waals surface area contributed by atoms with Crippen molar-refractivity contribution in [2.45, 2.75) is 11.3 Å². The summed E-state index contributed by atoms with van der Waals surface area (Å²) in [6.07, 6.45) is 3.57. The molecule has 3 aliphatic rings. The van der Waals surface area contributed by atoms with Gasteiger partial charge in [0.15, 0.2) is 0 Å². The van der Waals surface area contributed by atoms with Gasteiger partial charge < -0.3 is 0 Å². The van der Waals surface area contributed by atoms with Crippen LogP contribution in [0.5, 0.6) is 0 Å². The van der Waals surface area contributed by atoms with Gasteiger partial charge in [-0.1, -0.05) is 200 Å². The molecule has 0 aliphatic heterocycles. The number of hydrogen-bond acceptors (Lipinski definition) is 2. The Bertz CT molecular complexity index is 3990. The SMILES string of the molecule is c1ccc(C2c3ccc(-c4ccc(-c5ccc6c(c5)c5ccccc5c5nccnc65)cc4)cc3-c3cc(-c4ccc5c(c4)C4(c6ccccc6-c6ccccc64)c4ccccc4-5)ccc32)cc1. The Hall–Kier alpha value is -8.72. The molecule has 0 amide bonds. The standard InChI is InChI=1S/C66H40N2/c1-2-12-42(13-3-1)63-52-31-27-43(40-22-24-41(25-23-40)44-29-33-55-56(36-44)47-14-4-5-18-54(47)64-65(55)68-35-34-67-64)37-57(52)58-38-45(28-32-53(58)63)46-26-30-51-50-17-8-11-21-61(50)66(62(51)39-46)59-19-9-6-15-48(59)49-16-7-10-20-60(49)66/h1-39,63H. The van der Waals surface area contributed by atoms with Crippen molar-refractivity contribution < 1.29 is 0 Å². The lowest BCUT2D eigenvalue weighted by atomic mass is 9.70. The highest BCUT2D eigenvalue weighted by Gasteiger charge is 2.51. The molecule has 11 aromatic carbocycles. The lowest BCUT2D eigenvalue weighted by molar-refractivity contribution is 0.794. The van der Waals surface area contributed by atoms with E-state index in [1.165, 1.54) is 116 Å². The van der Waals surface area contributed by atoms with E-state index in [0.29, 0.717) is 0 Å². The van der Waals surface area contributed by atoms with E-state index in [2.05, 4.69) is 224 Å². The molecule has 2 heteroatoms. The fourth-order valence-corrected chi connectivity index (χ4v) is 12.6. The molecule has 0 fully saturated rings. The molecule has 0 N–H and O–H groups in total. The zero-order valence-corrected chi connectivity index (χ0v) is 37.0. The zero-order valence-electron chi connectivity index (χ0n) is 37.0. The van der Waals surface area contributed by atoms with Crippen molar-refractivity contribution >= 4 is 32.6 Å². The highest BCUT2D eigenvalue weighted by atomic mass is 14.8. The number of hydrogen-bond donors (Lipinski definition) is 0. The summed E-state index contributed by atoms with van der Waals surface area (Å²) in [6, 6.07) is 84.2. The Morgan fingerprint density at radius 2 is 0.706 bits per heavy atom. The van der Waals surface area contributed by atoms with Crippen molar-refractivity contribution in [3.05, 3.63) is 276 Å². The number of aromatic nitrogens is 2. The number of rotatable bonds is 4. The Morgan fingerprint density at radius 3 is 1.31 bits per heavy atom. The van der Waals surface area contributed by atoms with E-state index in [-0.39, 0.29) is 11.3 Å². The van der Waals surface area contributed by atoms with Gasteiger partial charge in [0.25, 0.3) is 0 Å². The Kier molecular flexibility index (Phi) is 7.80. The van der Waals surface area contributed by atoms with Gasteiger partial charge >= 0.3 is 0 Å². The maximum atomic E-state index is 4.77. The molecule has 3 aliphatic carbocycles. The molecular formula is C66H40N2. The van der Waals surface area contributed by atoms with Crippen molar-refractivity contribution in [2.75, 3.05) is 0 Å². The first-order valence-corrected chi connectivity index (χ1v) is 23.7. The zero-order chi connectivity index (χ0) is 44.5. The van der Waals surface area contributed by atoms with Gasteiger partial charge in [0.1, 0.15) is 0 Å². The van der Waals surface area contributed by atoms with Gasteiger partial charge in [0.05, 0.1) is 16.4 Å². The van der Waals surface area contributed by atoms with E-state index >= 15 is 0 Å². The molecule has 68 heavy (non-hydrogen) atoms. The summed E-state index contributed by atoms with van der Waals surface area (Å²) in [4.78, 5) is 9.50. The quantitative estimate of drug-likeness (QED) is 0.165. The fraction of sp³-hybridized carbons (Fsp3) is 0.0303. The van der Waals surface area contributed by atoms with E-state index in [9.17, 15) is 0 Å². The predicted octanol–water partition coefficient (Wildman–Crippen LogP) is 16.4. The molecule has 1 unspecified atom stereocenters. The van der Waals surface area contributed by atoms with E-state index in [0.717, 1.165) is 21.8 Å². The third-order valence-corrected chi connectivity index (χ3v) is 15.5. The van der Waals surface area contributed by atoms with E-state index in [4.69, 9.17) is 9.97 Å². The number of benzene rings is 11. The molecule has 2 nitrogen and oxygen atoms in total. The summed E-state index contributed by atoms with van der Waals surface area (Å²) >= 11 is 0. The summed E-state index contributed by atoms with van der Waals surface area (Å²) in [7, 11) is 0. The van der Waals surface area contributed by atoms with E-state index < -0.39 is 0 Å². The molecule has 0 saturated carbocycles. The second-order valence-corrected chi connectivity index (χ2v) is 18.7. The van der Waals surface area contributed by atoms with Crippen molar-refractivity contribution in [2.24, 2.45) is 0 Å². The average Bonchev–Trinajstić information content (AvgIpc) is 4.02. The van der Waals surface area contributed by atoms with Crippen LogP contribution in [0.25, 0.3) is 99.3 Å². The Labute approximate surface area is 394 Å². The van der Waals surface area contributed by atoms with Crippen LogP contribution in [0.1, 0.15) is 44.9 Å². The van der Waals surface area contributed by atoms with Crippen LogP contribution in [0.3, 0.4) is 0 Å². The van der Waals surface area contributed by atoms with Gasteiger partial charge in [0, 0.05) is 29.1 Å². The molecule has 0 saturated heterocycles. The molecule has 0 bridgehead atoms. The predicted molar refractivity (Wildman–Crippen MR) is 280 cm³/mol. The van der Waals surface area contributed by atoms with Crippen molar-refractivity contribution in [3.63, 3.8) is 0 Å². The first-order chi connectivity index (χ1) is 33.7. The third-order valence-electron chi connectivity index (χ3n) is 15.5. The summed E-state index contributed by atoms with van der Waals surface area (Å²) < 4.78 is 0. The van der Waals surface area contributed by atoms with E-state index in [1.807, 2.05) is 0 Å². The normalized spacial score (nSPS) is 14.4. The fourth-order valence-electron chi connectivity index (χ4n) is 12.6. The van der Waals surface area contributed by atoms with Crippen LogP contribution in [0.2, 0.25) is 0 Å². The van der Waals surface area contributed by atoms with Crippen LogP contribution in [-0.4, -0.2) is 9.97 Å². The second-order valence-electron chi connectivity index (χ2n) is 18.7. The van der Waals surface area contributed by atoms with Crippen molar-refractivity contribution in [3.8, 4) is 66.8 Å². The van der Waals surface area contributed by atoms with Crippen molar-refractivity contribution in [1.82, 2.24) is 9.97 Å². The molecule has 1 spiro atoms. The maximum absolute atomic E-state index is 4.77. The summed E-state index contributed by atoms with van der Waals surface area (Å²) in [6.45, 7) is 0. The van der Waals surface area contributed by atoms with Crippen LogP contribution in [0, 0.1) is 0 Å². The smallest absolute Gasteiger partial charge is 0.0971 e. The molecule has 1 heterocycles. The molecule has 314 valence electrons. The summed E-state index contributed by atoms with van der Waals surface area (Å²) in [5, 5.41) is 4.64. The first kappa shape index (κ1) is 37.5. The molecule has 15 rings (SSSR count). The van der Waals surface area contributed by atoms with E-state index in [1.54, 1.807) is 12.4 Å². The number of fused-ring (bicyclic) bond motifs is 19. The minimum Gasteiger partial charge on any atom is -0.252 e. The van der Waals surface area contributed by atoms with Gasteiger partial charge in [-0.05, 0) is 141 Å². The van der Waals surface area contributed by atoms with Crippen LogP contribution in [0.15, 0.2) is 237 Å². The molecule has 1 atom stereocenters. The van der Waals surface area contributed by atoms with Gasteiger partial charge in [-0.3, -0.25) is 9.97 Å². The van der Waals surface area contributed by atoms with Gasteiger partial charge in [-0.2, -0.15) is 0 Å². The largest absolute Gasteiger partial charge is 0.252 e. The monoisotopic (exact) mass is 860 g/mol. The lowest BCUT2D eigenvalue weighted by Gasteiger charge is -2.30. The highest BCUT2D eigenvalue weighted by molar-refractivity contribution is 6.23. The molecular weight excluding hydrogens is 821 g/mol. The van der Waals surface area contributed by atoms with Crippen LogP contribution >= 0.6 is 0 Å². The molecule has 0 radical (unpaired) electrons. The van der Waals surface area contributed by atoms with Gasteiger partial charge in [-0.15, -0.1) is 0 Å². The Morgan fingerprint density at radius 1 is 0.279 bits per heavy atom. The van der Waals surface area contributed by atoms with Gasteiger partial charge in [0.2, 0.25) is 0 Å². The highest BCUT2D eigenvalue weighted by Crippen LogP contribution is 2.63. The molecule has 1 aromatic heterocycles. The summed E-state index contributed by atoms with van der Waals surface area (Å²) in [5.74, 6) is 0.156. The average molecular weight is 861 g/mol. The lowest BCUT2D eigenvalue weighted by Crippen LogP contribution is -2.25. The van der Waals surface area contributed by atoms with Crippen LogP contribution in [-0.2, 0) is 5.41 Å². The minimum atomic E-state index is -0.381. The van der Waals surface area contributed by atoms with Gasteiger partial charge in [-0.25, -0.2) is 0 Å². The topological polar surface area (TPSA) is 25.8 Å². The van der Waals surface area contributed by atoms with Crippen LogP contribution in [0.4, 0.5) is 0 Å². The molecule has 12 aromatic rings.